The first-order chi connectivity index (χ1) is 7.70. The van der Waals surface area contributed by atoms with Gasteiger partial charge in [0.1, 0.15) is 5.82 Å². The molecule has 92 valence electrons. The maximum absolute atomic E-state index is 5.91. The lowest BCUT2D eigenvalue weighted by Crippen LogP contribution is -2.28. The van der Waals surface area contributed by atoms with Gasteiger partial charge in [0, 0.05) is 12.6 Å². The molecule has 0 saturated carbocycles. The molecular formula is C11H23N5. The second kappa shape index (κ2) is 6.50. The molecule has 0 saturated heterocycles. The van der Waals surface area contributed by atoms with Gasteiger partial charge in [-0.05, 0) is 6.42 Å². The maximum atomic E-state index is 5.91. The van der Waals surface area contributed by atoms with Crippen LogP contribution in [0.4, 0.5) is 5.82 Å². The number of rotatable bonds is 7. The molecule has 16 heavy (non-hydrogen) atoms. The van der Waals surface area contributed by atoms with E-state index >= 15 is 0 Å². The first kappa shape index (κ1) is 13.0. The van der Waals surface area contributed by atoms with Crippen molar-refractivity contribution in [1.82, 2.24) is 15.2 Å². The molecule has 1 aromatic rings. The van der Waals surface area contributed by atoms with E-state index in [0.29, 0.717) is 5.82 Å². The van der Waals surface area contributed by atoms with Gasteiger partial charge in [0.2, 0.25) is 0 Å². The molecule has 5 heteroatoms. The normalized spacial score (nSPS) is 12.9. The first-order valence-corrected chi connectivity index (χ1v) is 5.94. The van der Waals surface area contributed by atoms with Crippen molar-refractivity contribution in [3.8, 4) is 0 Å². The van der Waals surface area contributed by atoms with Crippen LogP contribution in [0.1, 0.15) is 50.6 Å². The zero-order chi connectivity index (χ0) is 12.0. The van der Waals surface area contributed by atoms with E-state index in [-0.39, 0.29) is 6.04 Å². The SMILES string of the molecule is CCCCCCC(NN)c1cnn(C)c1N. The Bertz CT molecular complexity index is 307. The number of nitrogens with one attached hydrogen (secondary N) is 1. The second-order valence-electron chi connectivity index (χ2n) is 4.18. The second-order valence-corrected chi connectivity index (χ2v) is 4.18. The van der Waals surface area contributed by atoms with Crippen molar-refractivity contribution in [2.75, 3.05) is 5.73 Å². The highest BCUT2D eigenvalue weighted by atomic mass is 15.3. The number of hydrazine groups is 1. The quantitative estimate of drug-likeness (QED) is 0.373. The van der Waals surface area contributed by atoms with E-state index in [1.807, 2.05) is 7.05 Å². The molecule has 0 spiro atoms. The Morgan fingerprint density at radius 1 is 1.44 bits per heavy atom. The van der Waals surface area contributed by atoms with Crippen LogP contribution in [-0.4, -0.2) is 9.78 Å². The number of hydrogen-bond acceptors (Lipinski definition) is 4. The molecule has 1 aromatic heterocycles. The molecule has 0 aliphatic rings. The summed E-state index contributed by atoms with van der Waals surface area (Å²) in [5.41, 5.74) is 9.73. The molecule has 5 nitrogen and oxygen atoms in total. The molecule has 0 radical (unpaired) electrons. The van der Waals surface area contributed by atoms with Crippen LogP contribution >= 0.6 is 0 Å². The van der Waals surface area contributed by atoms with Gasteiger partial charge in [-0.25, -0.2) is 0 Å². The number of nitrogens with zero attached hydrogens (tertiary/aromatic N) is 2. The molecule has 0 aromatic carbocycles. The predicted molar refractivity (Wildman–Crippen MR) is 66.4 cm³/mol. The Hall–Kier alpha value is -1.07. The fourth-order valence-electron chi connectivity index (χ4n) is 1.84. The van der Waals surface area contributed by atoms with Crippen LogP contribution in [0.3, 0.4) is 0 Å². The third-order valence-corrected chi connectivity index (χ3v) is 2.94. The summed E-state index contributed by atoms with van der Waals surface area (Å²) in [5.74, 6) is 6.25. The largest absolute Gasteiger partial charge is 0.384 e. The Kier molecular flexibility index (Phi) is 5.28. The third-order valence-electron chi connectivity index (χ3n) is 2.94. The van der Waals surface area contributed by atoms with Crippen LogP contribution < -0.4 is 17.0 Å². The number of hydrogen-bond donors (Lipinski definition) is 3. The molecule has 0 fully saturated rings. The van der Waals surface area contributed by atoms with E-state index in [0.717, 1.165) is 18.4 Å². The minimum Gasteiger partial charge on any atom is -0.384 e. The summed E-state index contributed by atoms with van der Waals surface area (Å²) in [6.07, 6.45) is 7.73. The van der Waals surface area contributed by atoms with E-state index < -0.39 is 0 Å². The topological polar surface area (TPSA) is 81.9 Å². The number of aromatic nitrogens is 2. The van der Waals surface area contributed by atoms with Crippen LogP contribution in [0.15, 0.2) is 6.20 Å². The van der Waals surface area contributed by atoms with Crippen LogP contribution in [0.25, 0.3) is 0 Å². The lowest BCUT2D eigenvalue weighted by molar-refractivity contribution is 0.483. The third kappa shape index (κ3) is 3.21. The van der Waals surface area contributed by atoms with Gasteiger partial charge in [-0.15, -0.1) is 0 Å². The Balaban J connectivity index is 2.51. The summed E-state index contributed by atoms with van der Waals surface area (Å²) in [4.78, 5) is 0. The van der Waals surface area contributed by atoms with Gasteiger partial charge in [-0.2, -0.15) is 5.10 Å². The van der Waals surface area contributed by atoms with E-state index in [2.05, 4.69) is 17.4 Å². The highest BCUT2D eigenvalue weighted by Gasteiger charge is 2.15. The minimum absolute atomic E-state index is 0.116. The molecule has 1 heterocycles. The number of anilines is 1. The fourth-order valence-corrected chi connectivity index (χ4v) is 1.84. The first-order valence-electron chi connectivity index (χ1n) is 5.94. The van der Waals surface area contributed by atoms with E-state index in [1.54, 1.807) is 10.9 Å². The smallest absolute Gasteiger partial charge is 0.126 e. The van der Waals surface area contributed by atoms with Crippen LogP contribution in [0.5, 0.6) is 0 Å². The molecule has 0 aliphatic carbocycles. The number of aryl methyl sites for hydroxylation is 1. The lowest BCUT2D eigenvalue weighted by Gasteiger charge is -2.15. The van der Waals surface area contributed by atoms with E-state index in [1.165, 1.54) is 19.3 Å². The molecule has 0 aliphatic heterocycles. The average Bonchev–Trinajstić information content (AvgIpc) is 2.61. The number of nitrogens with two attached hydrogens (primary N) is 2. The fraction of sp³-hybridized carbons (Fsp3) is 0.727. The van der Waals surface area contributed by atoms with Crippen molar-refractivity contribution in [3.63, 3.8) is 0 Å². The lowest BCUT2D eigenvalue weighted by atomic mass is 10.0. The maximum Gasteiger partial charge on any atom is 0.126 e. The van der Waals surface area contributed by atoms with E-state index in [9.17, 15) is 0 Å². The van der Waals surface area contributed by atoms with Gasteiger partial charge < -0.3 is 5.73 Å². The van der Waals surface area contributed by atoms with Crippen LogP contribution in [0, 0.1) is 0 Å². The van der Waals surface area contributed by atoms with Gasteiger partial charge in [0.05, 0.1) is 12.2 Å². The summed E-state index contributed by atoms with van der Waals surface area (Å²) >= 11 is 0. The number of unbranched alkanes of at least 4 members (excludes halogenated alkanes) is 3. The average molecular weight is 225 g/mol. The van der Waals surface area contributed by atoms with Crippen molar-refractivity contribution in [1.29, 1.82) is 0 Å². The molecule has 1 unspecified atom stereocenters. The van der Waals surface area contributed by atoms with Crippen LogP contribution in [0.2, 0.25) is 0 Å². The summed E-state index contributed by atoms with van der Waals surface area (Å²) in [5, 5.41) is 4.13. The van der Waals surface area contributed by atoms with Crippen molar-refractivity contribution < 1.29 is 0 Å². The Morgan fingerprint density at radius 2 is 2.19 bits per heavy atom. The van der Waals surface area contributed by atoms with Crippen molar-refractivity contribution >= 4 is 5.82 Å². The Morgan fingerprint density at radius 3 is 2.69 bits per heavy atom. The minimum atomic E-state index is 0.116. The van der Waals surface area contributed by atoms with Crippen molar-refractivity contribution in [2.24, 2.45) is 12.9 Å². The monoisotopic (exact) mass is 225 g/mol. The molecular weight excluding hydrogens is 202 g/mol. The van der Waals surface area contributed by atoms with Crippen LogP contribution in [-0.2, 0) is 7.05 Å². The van der Waals surface area contributed by atoms with Gasteiger partial charge in [0.15, 0.2) is 0 Å². The summed E-state index contributed by atoms with van der Waals surface area (Å²) < 4.78 is 1.67. The molecule has 5 N–H and O–H groups in total. The molecule has 0 bridgehead atoms. The van der Waals surface area contributed by atoms with Crippen molar-refractivity contribution in [2.45, 2.75) is 45.1 Å². The zero-order valence-electron chi connectivity index (χ0n) is 10.2. The molecule has 1 atom stereocenters. The summed E-state index contributed by atoms with van der Waals surface area (Å²) in [6.45, 7) is 2.21. The predicted octanol–water partition coefficient (Wildman–Crippen LogP) is 1.48. The molecule has 0 amide bonds. The van der Waals surface area contributed by atoms with E-state index in [4.69, 9.17) is 11.6 Å². The summed E-state index contributed by atoms with van der Waals surface area (Å²) in [6, 6.07) is 0.116. The van der Waals surface area contributed by atoms with Gasteiger partial charge in [-0.1, -0.05) is 32.6 Å². The zero-order valence-corrected chi connectivity index (χ0v) is 10.2. The highest BCUT2D eigenvalue weighted by Crippen LogP contribution is 2.23. The summed E-state index contributed by atoms with van der Waals surface area (Å²) in [7, 11) is 1.84. The standard InChI is InChI=1S/C11H23N5/c1-3-4-5-6-7-10(15-13)9-8-14-16(2)11(9)12/h8,10,15H,3-7,12-13H2,1-2H3. The molecule has 1 rings (SSSR count). The number of nitrogen functional groups attached to an aromatic ring is 1. The van der Waals surface area contributed by atoms with Gasteiger partial charge >= 0.3 is 0 Å². The highest BCUT2D eigenvalue weighted by molar-refractivity contribution is 5.40. The van der Waals surface area contributed by atoms with Crippen molar-refractivity contribution in [3.05, 3.63) is 11.8 Å². The van der Waals surface area contributed by atoms with Gasteiger partial charge in [-0.3, -0.25) is 16.0 Å². The van der Waals surface area contributed by atoms with Gasteiger partial charge in [0.25, 0.3) is 0 Å². The Labute approximate surface area is 97.2 Å².